The fourth-order valence-corrected chi connectivity index (χ4v) is 5.15. The first kappa shape index (κ1) is 22.1. The molecule has 1 spiro atoms. The molecule has 0 unspecified atom stereocenters. The topological polar surface area (TPSA) is 73.0 Å². The molecule has 3 fully saturated rings. The van der Waals surface area contributed by atoms with Gasteiger partial charge in [0, 0.05) is 37.6 Å². The van der Waals surface area contributed by atoms with E-state index in [1.165, 1.54) is 4.90 Å². The average Bonchev–Trinajstić information content (AvgIpc) is 3.32. The molecule has 3 aliphatic rings. The average molecular weight is 447 g/mol. The summed E-state index contributed by atoms with van der Waals surface area (Å²) in [4.78, 5) is 44.2. The normalized spacial score (nSPS) is 23.6. The van der Waals surface area contributed by atoms with Crippen LogP contribution in [0.1, 0.15) is 44.6 Å². The SMILES string of the molecule is CCCN1CCC2(CC1)NC(=O)N([C@@H]1CCN(C(=O)CCc3ccc(Cl)cc3)C1)C2=O. The lowest BCUT2D eigenvalue weighted by Crippen LogP contribution is -2.55. The third-order valence-electron chi connectivity index (χ3n) is 6.86. The van der Waals surface area contributed by atoms with Crippen LogP contribution in [0.15, 0.2) is 24.3 Å². The number of halogens is 1. The van der Waals surface area contributed by atoms with Crippen LogP contribution in [-0.2, 0) is 16.0 Å². The van der Waals surface area contributed by atoms with Gasteiger partial charge in [-0.15, -0.1) is 0 Å². The standard InChI is InChI=1S/C23H31ClN4O3/c1-2-12-26-14-10-23(11-15-26)21(30)28(22(31)25-23)19-9-13-27(16-19)20(29)8-5-17-3-6-18(24)7-4-17/h3-4,6-7,19H,2,5,8-16H2,1H3,(H,25,31)/t19-/m1/s1. The smallest absolute Gasteiger partial charge is 0.325 e. The summed E-state index contributed by atoms with van der Waals surface area (Å²) in [6.45, 7) is 5.84. The van der Waals surface area contributed by atoms with Crippen molar-refractivity contribution in [3.05, 3.63) is 34.9 Å². The second-order valence-corrected chi connectivity index (χ2v) is 9.37. The van der Waals surface area contributed by atoms with Crippen molar-refractivity contribution in [3.63, 3.8) is 0 Å². The molecule has 4 rings (SSSR count). The molecule has 0 saturated carbocycles. The van der Waals surface area contributed by atoms with E-state index in [4.69, 9.17) is 11.6 Å². The fraction of sp³-hybridized carbons (Fsp3) is 0.609. The van der Waals surface area contributed by atoms with Gasteiger partial charge in [0.25, 0.3) is 5.91 Å². The second-order valence-electron chi connectivity index (χ2n) is 8.94. The molecule has 8 heteroatoms. The van der Waals surface area contributed by atoms with E-state index < -0.39 is 5.54 Å². The maximum atomic E-state index is 13.3. The van der Waals surface area contributed by atoms with E-state index in [0.29, 0.717) is 50.2 Å². The Morgan fingerprint density at radius 3 is 2.55 bits per heavy atom. The van der Waals surface area contributed by atoms with Gasteiger partial charge in [-0.1, -0.05) is 30.7 Å². The molecule has 1 aromatic carbocycles. The molecule has 3 heterocycles. The minimum absolute atomic E-state index is 0.0621. The predicted molar refractivity (Wildman–Crippen MR) is 119 cm³/mol. The van der Waals surface area contributed by atoms with Crippen LogP contribution in [0.3, 0.4) is 0 Å². The molecule has 0 aliphatic carbocycles. The minimum atomic E-state index is -0.757. The minimum Gasteiger partial charge on any atom is -0.341 e. The number of rotatable bonds is 6. The van der Waals surface area contributed by atoms with Gasteiger partial charge in [0.15, 0.2) is 0 Å². The Labute approximate surface area is 188 Å². The lowest BCUT2D eigenvalue weighted by molar-refractivity contribution is -0.135. The van der Waals surface area contributed by atoms with E-state index in [9.17, 15) is 14.4 Å². The zero-order valence-electron chi connectivity index (χ0n) is 18.1. The van der Waals surface area contributed by atoms with Crippen LogP contribution in [0.4, 0.5) is 4.79 Å². The van der Waals surface area contributed by atoms with Crippen LogP contribution in [-0.4, -0.2) is 76.8 Å². The molecule has 4 amide bonds. The van der Waals surface area contributed by atoms with E-state index in [0.717, 1.165) is 31.6 Å². The summed E-state index contributed by atoms with van der Waals surface area (Å²) >= 11 is 5.91. The van der Waals surface area contributed by atoms with Crippen molar-refractivity contribution in [2.45, 2.75) is 57.0 Å². The van der Waals surface area contributed by atoms with Crippen LogP contribution in [0.5, 0.6) is 0 Å². The van der Waals surface area contributed by atoms with Gasteiger partial charge in [-0.2, -0.15) is 0 Å². The Morgan fingerprint density at radius 2 is 1.87 bits per heavy atom. The summed E-state index contributed by atoms with van der Waals surface area (Å²) in [6, 6.07) is 6.98. The van der Waals surface area contributed by atoms with Crippen LogP contribution in [0.2, 0.25) is 5.02 Å². The zero-order valence-corrected chi connectivity index (χ0v) is 18.9. The summed E-state index contributed by atoms with van der Waals surface area (Å²) in [5.74, 6) is -0.0406. The third kappa shape index (κ3) is 4.58. The van der Waals surface area contributed by atoms with Gasteiger partial charge in [-0.25, -0.2) is 4.79 Å². The number of urea groups is 1. The summed E-state index contributed by atoms with van der Waals surface area (Å²) in [6.07, 6.45) is 4.10. The fourth-order valence-electron chi connectivity index (χ4n) is 5.03. The molecule has 31 heavy (non-hydrogen) atoms. The number of imide groups is 1. The largest absolute Gasteiger partial charge is 0.341 e. The molecule has 1 atom stereocenters. The molecular weight excluding hydrogens is 416 g/mol. The maximum Gasteiger partial charge on any atom is 0.325 e. The number of aryl methyl sites for hydroxylation is 1. The Morgan fingerprint density at radius 1 is 1.16 bits per heavy atom. The van der Waals surface area contributed by atoms with E-state index in [2.05, 4.69) is 17.1 Å². The Balaban J connectivity index is 1.32. The van der Waals surface area contributed by atoms with Crippen molar-refractivity contribution in [2.24, 2.45) is 0 Å². The van der Waals surface area contributed by atoms with Crippen molar-refractivity contribution in [1.82, 2.24) is 20.0 Å². The number of carbonyl (C=O) groups excluding carboxylic acids is 3. The molecule has 1 aromatic rings. The van der Waals surface area contributed by atoms with E-state index in [1.807, 2.05) is 24.3 Å². The molecule has 0 radical (unpaired) electrons. The van der Waals surface area contributed by atoms with Crippen molar-refractivity contribution in [2.75, 3.05) is 32.7 Å². The first-order chi connectivity index (χ1) is 14.9. The van der Waals surface area contributed by atoms with Crippen LogP contribution in [0.25, 0.3) is 0 Å². The van der Waals surface area contributed by atoms with Gasteiger partial charge in [0.2, 0.25) is 5.91 Å². The molecule has 3 aliphatic heterocycles. The van der Waals surface area contributed by atoms with E-state index in [-0.39, 0.29) is 23.9 Å². The predicted octanol–water partition coefficient (Wildman–Crippen LogP) is 2.67. The highest BCUT2D eigenvalue weighted by molar-refractivity contribution is 6.30. The van der Waals surface area contributed by atoms with Gasteiger partial charge in [-0.3, -0.25) is 14.5 Å². The number of piperidine rings is 1. The Hall–Kier alpha value is -2.12. The second kappa shape index (κ2) is 9.17. The van der Waals surface area contributed by atoms with Gasteiger partial charge in [0.05, 0.1) is 6.04 Å². The maximum absolute atomic E-state index is 13.3. The van der Waals surface area contributed by atoms with Gasteiger partial charge in [0.1, 0.15) is 5.54 Å². The molecule has 168 valence electrons. The van der Waals surface area contributed by atoms with E-state index >= 15 is 0 Å². The summed E-state index contributed by atoms with van der Waals surface area (Å²) in [7, 11) is 0. The zero-order chi connectivity index (χ0) is 22.0. The highest BCUT2D eigenvalue weighted by atomic mass is 35.5. The molecule has 7 nitrogen and oxygen atoms in total. The highest BCUT2D eigenvalue weighted by Crippen LogP contribution is 2.32. The van der Waals surface area contributed by atoms with Gasteiger partial charge < -0.3 is 15.1 Å². The third-order valence-corrected chi connectivity index (χ3v) is 7.12. The van der Waals surface area contributed by atoms with Crippen LogP contribution in [0, 0.1) is 0 Å². The summed E-state index contributed by atoms with van der Waals surface area (Å²) in [5, 5.41) is 3.68. The Kier molecular flexibility index (Phi) is 6.53. The van der Waals surface area contributed by atoms with Crippen LogP contribution >= 0.6 is 11.6 Å². The number of nitrogens with one attached hydrogen (secondary N) is 1. The first-order valence-electron chi connectivity index (χ1n) is 11.3. The molecule has 0 aromatic heterocycles. The lowest BCUT2D eigenvalue weighted by Gasteiger charge is -2.37. The van der Waals surface area contributed by atoms with Gasteiger partial charge in [-0.05, 0) is 56.3 Å². The van der Waals surface area contributed by atoms with Crippen LogP contribution < -0.4 is 5.32 Å². The quantitative estimate of drug-likeness (QED) is 0.682. The number of nitrogens with zero attached hydrogens (tertiary/aromatic N) is 3. The monoisotopic (exact) mass is 446 g/mol. The van der Waals surface area contributed by atoms with Gasteiger partial charge >= 0.3 is 6.03 Å². The summed E-state index contributed by atoms with van der Waals surface area (Å²) in [5.41, 5.74) is 0.312. The van der Waals surface area contributed by atoms with Crippen molar-refractivity contribution in [1.29, 1.82) is 0 Å². The van der Waals surface area contributed by atoms with Crippen molar-refractivity contribution < 1.29 is 14.4 Å². The number of hydrogen-bond donors (Lipinski definition) is 1. The number of likely N-dealkylation sites (tertiary alicyclic amines) is 2. The Bertz CT molecular complexity index is 836. The van der Waals surface area contributed by atoms with Crippen molar-refractivity contribution in [3.8, 4) is 0 Å². The molecule has 0 bridgehead atoms. The highest BCUT2D eigenvalue weighted by Gasteiger charge is 2.54. The molecule has 1 N–H and O–H groups in total. The number of amides is 4. The molecule has 3 saturated heterocycles. The first-order valence-corrected chi connectivity index (χ1v) is 11.7. The summed E-state index contributed by atoms with van der Waals surface area (Å²) < 4.78 is 0. The van der Waals surface area contributed by atoms with E-state index in [1.54, 1.807) is 4.90 Å². The number of carbonyl (C=O) groups is 3. The number of hydrogen-bond acceptors (Lipinski definition) is 4. The lowest BCUT2D eigenvalue weighted by atomic mass is 9.87. The number of benzene rings is 1. The molecular formula is C23H31ClN4O3. The van der Waals surface area contributed by atoms with Crippen molar-refractivity contribution >= 4 is 29.4 Å².